The fraction of sp³-hybridized carbons (Fsp3) is 0.385. The SMILES string of the molecule is Fc1cccc2[nH]cc(CCN3CCC3)c12. The number of hydrogen-bond donors (Lipinski definition) is 1. The van der Waals surface area contributed by atoms with Crippen LogP contribution in [0.25, 0.3) is 10.9 Å². The van der Waals surface area contributed by atoms with Gasteiger partial charge in [-0.1, -0.05) is 6.07 Å². The lowest BCUT2D eigenvalue weighted by Gasteiger charge is -2.30. The van der Waals surface area contributed by atoms with Gasteiger partial charge in [0, 0.05) is 23.6 Å². The predicted molar refractivity (Wildman–Crippen MR) is 63.0 cm³/mol. The number of nitrogens with one attached hydrogen (secondary N) is 1. The molecule has 3 rings (SSSR count). The number of aromatic amines is 1. The van der Waals surface area contributed by atoms with Gasteiger partial charge in [0.2, 0.25) is 0 Å². The molecule has 1 saturated heterocycles. The van der Waals surface area contributed by atoms with Crippen LogP contribution in [-0.2, 0) is 6.42 Å². The van der Waals surface area contributed by atoms with Gasteiger partial charge in [-0.15, -0.1) is 0 Å². The summed E-state index contributed by atoms with van der Waals surface area (Å²) in [6.07, 6.45) is 4.18. The van der Waals surface area contributed by atoms with Crippen molar-refractivity contribution in [2.45, 2.75) is 12.8 Å². The van der Waals surface area contributed by atoms with E-state index in [0.29, 0.717) is 0 Å². The number of aromatic nitrogens is 1. The number of halogens is 1. The molecule has 2 heterocycles. The fourth-order valence-corrected chi connectivity index (χ4v) is 2.29. The van der Waals surface area contributed by atoms with Gasteiger partial charge in [0.15, 0.2) is 0 Å². The van der Waals surface area contributed by atoms with Crippen LogP contribution in [0.2, 0.25) is 0 Å². The van der Waals surface area contributed by atoms with E-state index in [2.05, 4.69) is 9.88 Å². The summed E-state index contributed by atoms with van der Waals surface area (Å²) in [5, 5.41) is 0.767. The zero-order chi connectivity index (χ0) is 11.0. The van der Waals surface area contributed by atoms with E-state index < -0.39 is 0 Å². The number of hydrogen-bond acceptors (Lipinski definition) is 1. The molecule has 1 aliphatic rings. The van der Waals surface area contributed by atoms with Crippen LogP contribution in [0, 0.1) is 5.82 Å². The molecule has 1 aliphatic heterocycles. The molecule has 3 heteroatoms. The van der Waals surface area contributed by atoms with Gasteiger partial charge in [-0.25, -0.2) is 4.39 Å². The van der Waals surface area contributed by atoms with E-state index in [1.54, 1.807) is 6.07 Å². The number of nitrogens with zero attached hydrogens (tertiary/aromatic N) is 1. The number of fused-ring (bicyclic) bond motifs is 1. The molecule has 2 nitrogen and oxygen atoms in total. The van der Waals surface area contributed by atoms with Crippen LogP contribution in [0.4, 0.5) is 4.39 Å². The Kier molecular flexibility index (Phi) is 2.40. The molecule has 0 amide bonds. The second-order valence-corrected chi connectivity index (χ2v) is 4.42. The van der Waals surface area contributed by atoms with Gasteiger partial charge in [-0.05, 0) is 43.6 Å². The molecule has 0 saturated carbocycles. The van der Waals surface area contributed by atoms with Gasteiger partial charge in [0.25, 0.3) is 0 Å². The van der Waals surface area contributed by atoms with Gasteiger partial charge < -0.3 is 9.88 Å². The Hall–Kier alpha value is -1.35. The summed E-state index contributed by atoms with van der Waals surface area (Å²) in [7, 11) is 0. The topological polar surface area (TPSA) is 19.0 Å². The molecule has 16 heavy (non-hydrogen) atoms. The number of benzene rings is 1. The van der Waals surface area contributed by atoms with E-state index in [1.165, 1.54) is 25.6 Å². The third-order valence-electron chi connectivity index (χ3n) is 3.38. The Morgan fingerprint density at radius 3 is 2.94 bits per heavy atom. The third-order valence-corrected chi connectivity index (χ3v) is 3.38. The first-order chi connectivity index (χ1) is 7.84. The van der Waals surface area contributed by atoms with Crippen molar-refractivity contribution in [3.63, 3.8) is 0 Å². The van der Waals surface area contributed by atoms with Crippen LogP contribution in [0.5, 0.6) is 0 Å². The van der Waals surface area contributed by atoms with Crippen LogP contribution >= 0.6 is 0 Å². The first-order valence-electron chi connectivity index (χ1n) is 5.81. The van der Waals surface area contributed by atoms with E-state index in [0.717, 1.165) is 29.4 Å². The number of rotatable bonds is 3. The van der Waals surface area contributed by atoms with Crippen molar-refractivity contribution in [1.82, 2.24) is 9.88 Å². The molecule has 84 valence electrons. The van der Waals surface area contributed by atoms with Crippen LogP contribution in [-0.4, -0.2) is 29.5 Å². The average Bonchev–Trinajstić information content (AvgIpc) is 2.61. The molecule has 2 aromatic rings. The third kappa shape index (κ3) is 1.61. The summed E-state index contributed by atoms with van der Waals surface area (Å²) in [4.78, 5) is 5.53. The normalized spacial score (nSPS) is 16.6. The summed E-state index contributed by atoms with van der Waals surface area (Å²) in [5.74, 6) is -0.114. The Bertz CT molecular complexity index is 500. The monoisotopic (exact) mass is 218 g/mol. The lowest BCUT2D eigenvalue weighted by molar-refractivity contribution is 0.184. The zero-order valence-electron chi connectivity index (χ0n) is 9.17. The maximum atomic E-state index is 13.7. The molecule has 0 aliphatic carbocycles. The van der Waals surface area contributed by atoms with Gasteiger partial charge in [-0.3, -0.25) is 0 Å². The molecule has 1 aromatic heterocycles. The summed E-state index contributed by atoms with van der Waals surface area (Å²) in [6, 6.07) is 5.20. The molecule has 0 spiro atoms. The molecule has 1 fully saturated rings. The molecular formula is C13H15FN2. The van der Waals surface area contributed by atoms with Crippen molar-refractivity contribution in [2.24, 2.45) is 0 Å². The first kappa shape index (κ1) is 9.85. The van der Waals surface area contributed by atoms with Crippen molar-refractivity contribution >= 4 is 10.9 Å². The van der Waals surface area contributed by atoms with Gasteiger partial charge in [0.05, 0.1) is 0 Å². The smallest absolute Gasteiger partial charge is 0.132 e. The van der Waals surface area contributed by atoms with Gasteiger partial charge in [0.1, 0.15) is 5.82 Å². The molecular weight excluding hydrogens is 203 g/mol. The highest BCUT2D eigenvalue weighted by Crippen LogP contribution is 2.22. The molecule has 0 unspecified atom stereocenters. The van der Waals surface area contributed by atoms with Crippen molar-refractivity contribution < 1.29 is 4.39 Å². The second-order valence-electron chi connectivity index (χ2n) is 4.42. The average molecular weight is 218 g/mol. The van der Waals surface area contributed by atoms with Gasteiger partial charge >= 0.3 is 0 Å². The minimum atomic E-state index is -0.114. The fourth-order valence-electron chi connectivity index (χ4n) is 2.29. The molecule has 0 bridgehead atoms. The summed E-state index contributed by atoms with van der Waals surface area (Å²) >= 11 is 0. The van der Waals surface area contributed by atoms with E-state index in [-0.39, 0.29) is 5.82 Å². The second kappa shape index (κ2) is 3.91. The molecule has 0 radical (unpaired) electrons. The first-order valence-corrected chi connectivity index (χ1v) is 5.81. The number of likely N-dealkylation sites (tertiary alicyclic amines) is 1. The number of H-pyrrole nitrogens is 1. The van der Waals surface area contributed by atoms with E-state index in [4.69, 9.17) is 0 Å². The maximum Gasteiger partial charge on any atom is 0.132 e. The highest BCUT2D eigenvalue weighted by atomic mass is 19.1. The Labute approximate surface area is 94.1 Å². The van der Waals surface area contributed by atoms with E-state index in [9.17, 15) is 4.39 Å². The van der Waals surface area contributed by atoms with Crippen LogP contribution in [0.15, 0.2) is 24.4 Å². The predicted octanol–water partition coefficient (Wildman–Crippen LogP) is 2.56. The molecule has 1 aromatic carbocycles. The van der Waals surface area contributed by atoms with Crippen LogP contribution < -0.4 is 0 Å². The Balaban J connectivity index is 1.85. The maximum absolute atomic E-state index is 13.7. The minimum absolute atomic E-state index is 0.114. The highest BCUT2D eigenvalue weighted by Gasteiger charge is 2.14. The minimum Gasteiger partial charge on any atom is -0.361 e. The van der Waals surface area contributed by atoms with Crippen molar-refractivity contribution in [3.8, 4) is 0 Å². The van der Waals surface area contributed by atoms with Crippen molar-refractivity contribution in [3.05, 3.63) is 35.8 Å². The zero-order valence-corrected chi connectivity index (χ0v) is 9.17. The van der Waals surface area contributed by atoms with E-state index >= 15 is 0 Å². The summed E-state index contributed by atoms with van der Waals surface area (Å²) < 4.78 is 13.7. The lowest BCUT2D eigenvalue weighted by Crippen LogP contribution is -2.38. The van der Waals surface area contributed by atoms with Crippen molar-refractivity contribution in [1.29, 1.82) is 0 Å². The quantitative estimate of drug-likeness (QED) is 0.838. The van der Waals surface area contributed by atoms with Crippen LogP contribution in [0.1, 0.15) is 12.0 Å². The van der Waals surface area contributed by atoms with Gasteiger partial charge in [-0.2, -0.15) is 0 Å². The standard InChI is InChI=1S/C13H15FN2/c14-11-3-1-4-12-13(11)10(9-15-12)5-8-16-6-2-7-16/h1,3-4,9,15H,2,5-8H2. The van der Waals surface area contributed by atoms with Crippen molar-refractivity contribution in [2.75, 3.05) is 19.6 Å². The molecule has 0 atom stereocenters. The largest absolute Gasteiger partial charge is 0.361 e. The Morgan fingerprint density at radius 2 is 2.19 bits per heavy atom. The molecule has 1 N–H and O–H groups in total. The van der Waals surface area contributed by atoms with E-state index in [1.807, 2.05) is 12.3 Å². The van der Waals surface area contributed by atoms with Crippen LogP contribution in [0.3, 0.4) is 0 Å². The highest BCUT2D eigenvalue weighted by molar-refractivity contribution is 5.83. The summed E-state index contributed by atoms with van der Waals surface area (Å²) in [6.45, 7) is 3.44. The summed E-state index contributed by atoms with van der Waals surface area (Å²) in [5.41, 5.74) is 2.00. The Morgan fingerprint density at radius 1 is 1.31 bits per heavy atom. The lowest BCUT2D eigenvalue weighted by atomic mass is 10.1.